The molecule has 4 rings (SSSR count). The fourth-order valence-corrected chi connectivity index (χ4v) is 4.11. The number of ether oxygens (including phenoxy) is 1. The van der Waals surface area contributed by atoms with E-state index in [0.29, 0.717) is 25.1 Å². The summed E-state index contributed by atoms with van der Waals surface area (Å²) in [5.41, 5.74) is 0.419. The van der Waals surface area contributed by atoms with Crippen LogP contribution in [0.2, 0.25) is 0 Å². The van der Waals surface area contributed by atoms with Crippen molar-refractivity contribution in [2.24, 2.45) is 7.05 Å². The zero-order chi connectivity index (χ0) is 25.8. The van der Waals surface area contributed by atoms with Gasteiger partial charge >= 0.3 is 11.7 Å². The van der Waals surface area contributed by atoms with Crippen molar-refractivity contribution in [2.75, 3.05) is 18.0 Å². The quantitative estimate of drug-likeness (QED) is 0.417. The number of aryl methyl sites for hydroxylation is 2. The molecule has 0 unspecified atom stereocenters. The fraction of sp³-hybridized carbons (Fsp3) is 0.417. The van der Waals surface area contributed by atoms with Crippen molar-refractivity contribution in [1.29, 1.82) is 0 Å². The predicted molar refractivity (Wildman–Crippen MR) is 131 cm³/mol. The average molecular weight is 497 g/mol. The molecular formula is C24H28N6O6. The zero-order valence-corrected chi connectivity index (χ0v) is 20.2. The maximum atomic E-state index is 12.4. The number of imidazole rings is 1. The van der Waals surface area contributed by atoms with Crippen LogP contribution in [0, 0.1) is 0 Å². The van der Waals surface area contributed by atoms with E-state index in [4.69, 9.17) is 4.74 Å². The second kappa shape index (κ2) is 10.6. The van der Waals surface area contributed by atoms with Crippen molar-refractivity contribution in [1.82, 2.24) is 24.4 Å². The van der Waals surface area contributed by atoms with Gasteiger partial charge in [-0.3, -0.25) is 28.7 Å². The number of carbonyl (C=O) groups excluding carboxylic acids is 3. The number of unbranched alkanes of at least 4 members (excludes halogenated alkanes) is 1. The van der Waals surface area contributed by atoms with Crippen LogP contribution in [0.5, 0.6) is 0 Å². The van der Waals surface area contributed by atoms with E-state index in [-0.39, 0.29) is 36.0 Å². The Morgan fingerprint density at radius 2 is 1.92 bits per heavy atom. The summed E-state index contributed by atoms with van der Waals surface area (Å²) in [6, 6.07) is 6.58. The van der Waals surface area contributed by atoms with Gasteiger partial charge in [0.05, 0.1) is 0 Å². The highest BCUT2D eigenvalue weighted by atomic mass is 16.5. The van der Waals surface area contributed by atoms with E-state index in [1.807, 2.05) is 6.92 Å². The molecule has 0 saturated carbocycles. The van der Waals surface area contributed by atoms with Crippen molar-refractivity contribution in [2.45, 2.75) is 45.8 Å². The van der Waals surface area contributed by atoms with Gasteiger partial charge in [-0.15, -0.1) is 0 Å². The molecule has 1 aliphatic heterocycles. The molecule has 1 fully saturated rings. The molecule has 2 amide bonds. The van der Waals surface area contributed by atoms with Crippen molar-refractivity contribution < 1.29 is 19.1 Å². The van der Waals surface area contributed by atoms with E-state index < -0.39 is 23.1 Å². The van der Waals surface area contributed by atoms with Gasteiger partial charge in [-0.2, -0.15) is 0 Å². The van der Waals surface area contributed by atoms with Gasteiger partial charge in [-0.25, -0.2) is 9.78 Å². The van der Waals surface area contributed by atoms with Crippen LogP contribution in [-0.4, -0.2) is 50.0 Å². The van der Waals surface area contributed by atoms with Gasteiger partial charge in [-0.1, -0.05) is 13.3 Å². The van der Waals surface area contributed by atoms with E-state index in [9.17, 15) is 24.0 Å². The number of carbonyl (C=O) groups is 3. The number of anilines is 1. The molecule has 0 spiro atoms. The van der Waals surface area contributed by atoms with E-state index in [2.05, 4.69) is 15.3 Å². The van der Waals surface area contributed by atoms with Crippen LogP contribution in [-0.2, 0) is 34.5 Å². The molecule has 3 heterocycles. The minimum Gasteiger partial charge on any atom is -0.456 e. The minimum absolute atomic E-state index is 0.0596. The van der Waals surface area contributed by atoms with Crippen molar-refractivity contribution in [3.8, 4) is 0 Å². The molecular weight excluding hydrogens is 468 g/mol. The van der Waals surface area contributed by atoms with E-state index >= 15 is 0 Å². The largest absolute Gasteiger partial charge is 0.456 e. The van der Waals surface area contributed by atoms with Crippen LogP contribution in [0.25, 0.3) is 11.2 Å². The number of rotatable bonds is 9. The molecule has 1 saturated heterocycles. The van der Waals surface area contributed by atoms with Gasteiger partial charge in [0, 0.05) is 37.8 Å². The third kappa shape index (κ3) is 5.07. The lowest BCUT2D eigenvalue weighted by atomic mass is 10.2. The maximum absolute atomic E-state index is 12.4. The number of amides is 2. The summed E-state index contributed by atoms with van der Waals surface area (Å²) in [7, 11) is 1.60. The van der Waals surface area contributed by atoms with Gasteiger partial charge in [0.1, 0.15) is 19.0 Å². The molecule has 3 aromatic rings. The summed E-state index contributed by atoms with van der Waals surface area (Å²) in [6.45, 7) is 2.45. The van der Waals surface area contributed by atoms with E-state index in [1.165, 1.54) is 9.13 Å². The summed E-state index contributed by atoms with van der Waals surface area (Å²) in [5.74, 6) is -0.796. The van der Waals surface area contributed by atoms with Gasteiger partial charge < -0.3 is 19.5 Å². The lowest BCUT2D eigenvalue weighted by Crippen LogP contribution is -2.31. The first kappa shape index (κ1) is 24.9. The number of nitrogens with zero attached hydrogens (tertiary/aromatic N) is 4. The van der Waals surface area contributed by atoms with Gasteiger partial charge in [0.2, 0.25) is 5.91 Å². The molecule has 0 aliphatic carbocycles. The molecule has 36 heavy (non-hydrogen) atoms. The summed E-state index contributed by atoms with van der Waals surface area (Å²) in [4.78, 5) is 69.4. The maximum Gasteiger partial charge on any atom is 0.330 e. The Balaban J connectivity index is 1.36. The third-order valence-electron chi connectivity index (χ3n) is 6.11. The highest BCUT2D eigenvalue weighted by molar-refractivity contribution is 5.98. The van der Waals surface area contributed by atoms with Crippen molar-refractivity contribution in [3.05, 3.63) is 56.5 Å². The number of benzene rings is 1. The molecule has 190 valence electrons. The summed E-state index contributed by atoms with van der Waals surface area (Å²) < 4.78 is 8.11. The first-order valence-corrected chi connectivity index (χ1v) is 11.8. The molecule has 0 bridgehead atoms. The Hall–Kier alpha value is -4.22. The van der Waals surface area contributed by atoms with Crippen LogP contribution in [0.15, 0.2) is 33.9 Å². The van der Waals surface area contributed by atoms with Crippen LogP contribution in [0.3, 0.4) is 0 Å². The van der Waals surface area contributed by atoms with Crippen molar-refractivity contribution in [3.63, 3.8) is 0 Å². The first-order valence-electron chi connectivity index (χ1n) is 11.8. The number of fused-ring (bicyclic) bond motifs is 1. The lowest BCUT2D eigenvalue weighted by molar-refractivity contribution is -0.144. The van der Waals surface area contributed by atoms with Crippen LogP contribution in [0.4, 0.5) is 5.69 Å². The molecule has 2 N–H and O–H groups in total. The normalized spacial score (nSPS) is 13.4. The molecule has 1 aromatic carbocycles. The molecule has 0 radical (unpaired) electrons. The molecule has 12 nitrogen and oxygen atoms in total. The third-order valence-corrected chi connectivity index (χ3v) is 6.11. The molecule has 1 aliphatic rings. The Labute approximate surface area is 205 Å². The van der Waals surface area contributed by atoms with E-state index in [0.717, 1.165) is 24.9 Å². The summed E-state index contributed by atoms with van der Waals surface area (Å²) in [5, 5.41) is 2.50. The highest BCUT2D eigenvalue weighted by Gasteiger charge is 2.22. The van der Waals surface area contributed by atoms with Crippen LogP contribution >= 0.6 is 0 Å². The highest BCUT2D eigenvalue weighted by Crippen LogP contribution is 2.21. The average Bonchev–Trinajstić information content (AvgIpc) is 3.44. The Morgan fingerprint density at radius 3 is 2.58 bits per heavy atom. The number of nitrogens with one attached hydrogen (secondary N) is 2. The van der Waals surface area contributed by atoms with Gasteiger partial charge in [0.25, 0.3) is 11.5 Å². The molecule has 12 heteroatoms. The molecule has 2 aromatic heterocycles. The number of aromatic nitrogens is 4. The Kier molecular flexibility index (Phi) is 7.32. The predicted octanol–water partition coefficient (Wildman–Crippen LogP) is 0.823. The number of hydrogen-bond acceptors (Lipinski definition) is 7. The smallest absolute Gasteiger partial charge is 0.330 e. The fourth-order valence-electron chi connectivity index (χ4n) is 4.11. The Morgan fingerprint density at radius 1 is 1.17 bits per heavy atom. The number of aromatic amines is 1. The number of hydrogen-bond donors (Lipinski definition) is 2. The number of esters is 1. The van der Waals surface area contributed by atoms with Crippen LogP contribution < -0.4 is 21.5 Å². The first-order chi connectivity index (χ1) is 17.3. The Bertz CT molecular complexity index is 1420. The topological polar surface area (TPSA) is 148 Å². The second-order valence-corrected chi connectivity index (χ2v) is 8.56. The monoisotopic (exact) mass is 496 g/mol. The molecule has 0 atom stereocenters. The SMILES string of the molecule is CCCCn1c(=O)[nH]c(=O)c2c1nc(COC(=O)CNC(=O)c1ccc(N3CCCC3=O)cc1)n2C. The summed E-state index contributed by atoms with van der Waals surface area (Å²) in [6.07, 6.45) is 2.93. The van der Waals surface area contributed by atoms with E-state index in [1.54, 1.807) is 36.2 Å². The van der Waals surface area contributed by atoms with Gasteiger partial charge in [0.15, 0.2) is 11.2 Å². The number of H-pyrrole nitrogens is 1. The summed E-state index contributed by atoms with van der Waals surface area (Å²) >= 11 is 0. The standard InChI is InChI=1S/C24H28N6O6/c1-3-4-11-30-21-20(23(34)27-24(30)35)28(2)17(26-21)14-36-19(32)13-25-22(33)15-7-9-16(10-8-15)29-12-5-6-18(29)31/h7-10H,3-6,11-14H2,1-2H3,(H,25,33)(H,27,34,35). The second-order valence-electron chi connectivity index (χ2n) is 8.56. The van der Waals surface area contributed by atoms with Crippen LogP contribution in [0.1, 0.15) is 48.8 Å². The van der Waals surface area contributed by atoms with Crippen molar-refractivity contribution >= 4 is 34.6 Å². The zero-order valence-electron chi connectivity index (χ0n) is 20.2. The van der Waals surface area contributed by atoms with Gasteiger partial charge in [-0.05, 0) is 37.1 Å². The minimum atomic E-state index is -0.688. The lowest BCUT2D eigenvalue weighted by Gasteiger charge is -2.15.